The van der Waals surface area contributed by atoms with Crippen molar-refractivity contribution < 1.29 is 4.79 Å². The molecule has 0 aliphatic carbocycles. The molecule has 2 aromatic carbocycles. The molecule has 5 nitrogen and oxygen atoms in total. The predicted molar refractivity (Wildman–Crippen MR) is 95.5 cm³/mol. The van der Waals surface area contributed by atoms with Gasteiger partial charge < -0.3 is 5.32 Å². The summed E-state index contributed by atoms with van der Waals surface area (Å²) in [5, 5.41) is 8.06. The van der Waals surface area contributed by atoms with Gasteiger partial charge in [0.1, 0.15) is 0 Å². The predicted octanol–water partition coefficient (Wildman–Crippen LogP) is 3.31. The van der Waals surface area contributed by atoms with Crippen LogP contribution in [0, 0.1) is 0 Å². The molecule has 1 aromatic heterocycles. The quantitative estimate of drug-likeness (QED) is 0.805. The van der Waals surface area contributed by atoms with Crippen LogP contribution in [0.4, 0.5) is 5.69 Å². The minimum Gasteiger partial charge on any atom is -0.321 e. The number of carbonyl (C=O) groups is 1. The van der Waals surface area contributed by atoms with E-state index in [0.29, 0.717) is 22.4 Å². The van der Waals surface area contributed by atoms with Crippen LogP contribution in [-0.4, -0.2) is 15.7 Å². The number of hydrogen-bond donors (Lipinski definition) is 1. The Hall–Kier alpha value is -2.95. The molecule has 1 heterocycles. The van der Waals surface area contributed by atoms with E-state index < -0.39 is 0 Å². The third-order valence-corrected chi connectivity index (χ3v) is 3.98. The highest BCUT2D eigenvalue weighted by atomic mass is 16.2. The molecule has 24 heavy (non-hydrogen) atoms. The van der Waals surface area contributed by atoms with Crippen molar-refractivity contribution in [2.45, 2.75) is 19.8 Å². The summed E-state index contributed by atoms with van der Waals surface area (Å²) >= 11 is 0. The van der Waals surface area contributed by atoms with Gasteiger partial charge in [-0.3, -0.25) is 9.59 Å². The Balaban J connectivity index is 2.02. The van der Waals surface area contributed by atoms with E-state index in [4.69, 9.17) is 0 Å². The number of anilines is 1. The highest BCUT2D eigenvalue weighted by Gasteiger charge is 2.16. The smallest absolute Gasteiger partial charge is 0.276 e. The maximum Gasteiger partial charge on any atom is 0.276 e. The lowest BCUT2D eigenvalue weighted by molar-refractivity contribution is 0.102. The van der Waals surface area contributed by atoms with Crippen LogP contribution in [0.1, 0.15) is 35.8 Å². The largest absolute Gasteiger partial charge is 0.321 e. The number of nitrogens with zero attached hydrogens (tertiary/aromatic N) is 2. The second kappa shape index (κ2) is 6.28. The van der Waals surface area contributed by atoms with Gasteiger partial charge in [-0.1, -0.05) is 44.2 Å². The molecule has 1 amide bonds. The minimum atomic E-state index is -0.331. The van der Waals surface area contributed by atoms with E-state index in [1.807, 2.05) is 24.3 Å². The van der Waals surface area contributed by atoms with Gasteiger partial charge in [0.05, 0.1) is 5.39 Å². The lowest BCUT2D eigenvalue weighted by Crippen LogP contribution is -2.25. The van der Waals surface area contributed by atoms with Crippen LogP contribution >= 0.6 is 0 Å². The maximum atomic E-state index is 12.7. The van der Waals surface area contributed by atoms with Gasteiger partial charge in [-0.15, -0.1) is 0 Å². The molecule has 0 spiro atoms. The van der Waals surface area contributed by atoms with E-state index in [9.17, 15) is 9.59 Å². The van der Waals surface area contributed by atoms with Crippen LogP contribution in [0.3, 0.4) is 0 Å². The average Bonchev–Trinajstić information content (AvgIpc) is 2.58. The minimum absolute atomic E-state index is 0.219. The van der Waals surface area contributed by atoms with Gasteiger partial charge >= 0.3 is 0 Å². The molecule has 0 radical (unpaired) electrons. The molecule has 3 rings (SSSR count). The van der Waals surface area contributed by atoms with Crippen molar-refractivity contribution in [3.05, 3.63) is 70.1 Å². The highest BCUT2D eigenvalue weighted by Crippen LogP contribution is 2.20. The monoisotopic (exact) mass is 321 g/mol. The summed E-state index contributed by atoms with van der Waals surface area (Å²) in [6, 6.07) is 14.7. The zero-order chi connectivity index (χ0) is 17.3. The van der Waals surface area contributed by atoms with E-state index in [-0.39, 0.29) is 17.2 Å². The summed E-state index contributed by atoms with van der Waals surface area (Å²) in [5.41, 5.74) is 1.88. The lowest BCUT2D eigenvalue weighted by atomic mass is 10.0. The van der Waals surface area contributed by atoms with Crippen molar-refractivity contribution in [3.8, 4) is 0 Å². The van der Waals surface area contributed by atoms with E-state index >= 15 is 0 Å². The number of aromatic nitrogens is 2. The highest BCUT2D eigenvalue weighted by molar-refractivity contribution is 6.11. The molecular formula is C19H19N3O2. The SMILES string of the molecule is CC(C)c1cccc(NC(=O)c2nn(C)c(=O)c3ccccc23)c1. The summed E-state index contributed by atoms with van der Waals surface area (Å²) in [5.74, 6) is 0.0426. The van der Waals surface area contributed by atoms with Gasteiger partial charge in [0, 0.05) is 18.1 Å². The third-order valence-electron chi connectivity index (χ3n) is 3.98. The Morgan fingerprint density at radius 1 is 1.08 bits per heavy atom. The first kappa shape index (κ1) is 15.9. The fraction of sp³-hybridized carbons (Fsp3) is 0.211. The number of amides is 1. The van der Waals surface area contributed by atoms with Crippen molar-refractivity contribution in [1.29, 1.82) is 0 Å². The number of fused-ring (bicyclic) bond motifs is 1. The van der Waals surface area contributed by atoms with Crippen LogP contribution in [0.5, 0.6) is 0 Å². The Bertz CT molecular complexity index is 974. The van der Waals surface area contributed by atoms with E-state index in [2.05, 4.69) is 24.3 Å². The van der Waals surface area contributed by atoms with Crippen LogP contribution in [-0.2, 0) is 7.05 Å². The fourth-order valence-electron chi connectivity index (χ4n) is 2.63. The molecule has 0 aliphatic rings. The van der Waals surface area contributed by atoms with Gasteiger partial charge in [0.25, 0.3) is 11.5 Å². The molecule has 0 saturated carbocycles. The van der Waals surface area contributed by atoms with E-state index in [1.54, 1.807) is 31.3 Å². The number of hydrogen-bond acceptors (Lipinski definition) is 3. The first-order valence-electron chi connectivity index (χ1n) is 7.84. The van der Waals surface area contributed by atoms with E-state index in [1.165, 1.54) is 4.68 Å². The van der Waals surface area contributed by atoms with Gasteiger partial charge in [0.2, 0.25) is 0 Å². The van der Waals surface area contributed by atoms with Gasteiger partial charge in [0.15, 0.2) is 5.69 Å². The molecule has 0 bridgehead atoms. The number of carbonyl (C=O) groups excluding carboxylic acids is 1. The molecular weight excluding hydrogens is 302 g/mol. The van der Waals surface area contributed by atoms with Crippen molar-refractivity contribution in [1.82, 2.24) is 9.78 Å². The summed E-state index contributed by atoms with van der Waals surface area (Å²) in [6.07, 6.45) is 0. The molecule has 0 saturated heterocycles. The zero-order valence-electron chi connectivity index (χ0n) is 13.9. The zero-order valence-corrected chi connectivity index (χ0v) is 13.9. The van der Waals surface area contributed by atoms with Crippen LogP contribution in [0.15, 0.2) is 53.3 Å². The summed E-state index contributed by atoms with van der Waals surface area (Å²) in [4.78, 5) is 24.8. The standard InChI is InChI=1S/C19H19N3O2/c1-12(2)13-7-6-8-14(11-13)20-18(23)17-15-9-4-5-10-16(15)19(24)22(3)21-17/h4-12H,1-3H3,(H,20,23). The number of benzene rings is 2. The Morgan fingerprint density at radius 2 is 1.79 bits per heavy atom. The van der Waals surface area contributed by atoms with E-state index in [0.717, 1.165) is 5.56 Å². The molecule has 0 aliphatic heterocycles. The second-order valence-corrected chi connectivity index (χ2v) is 6.06. The average molecular weight is 321 g/mol. The first-order valence-corrected chi connectivity index (χ1v) is 7.84. The Kier molecular flexibility index (Phi) is 4.16. The second-order valence-electron chi connectivity index (χ2n) is 6.06. The third kappa shape index (κ3) is 2.93. The Labute approximate surface area is 139 Å². The molecule has 1 N–H and O–H groups in total. The molecule has 0 unspecified atom stereocenters. The maximum absolute atomic E-state index is 12.7. The van der Waals surface area contributed by atoms with Gasteiger partial charge in [-0.05, 0) is 29.7 Å². The lowest BCUT2D eigenvalue weighted by Gasteiger charge is -2.11. The number of nitrogens with one attached hydrogen (secondary N) is 1. The van der Waals surface area contributed by atoms with Gasteiger partial charge in [-0.25, -0.2) is 4.68 Å². The summed E-state index contributed by atoms with van der Waals surface area (Å²) in [6.45, 7) is 4.20. The first-order chi connectivity index (χ1) is 11.5. The Morgan fingerprint density at radius 3 is 2.50 bits per heavy atom. The van der Waals surface area contributed by atoms with Crippen LogP contribution in [0.25, 0.3) is 10.8 Å². The fourth-order valence-corrected chi connectivity index (χ4v) is 2.63. The number of rotatable bonds is 3. The molecule has 5 heteroatoms. The molecule has 0 atom stereocenters. The topological polar surface area (TPSA) is 64.0 Å². The molecule has 122 valence electrons. The van der Waals surface area contributed by atoms with Crippen molar-refractivity contribution in [3.63, 3.8) is 0 Å². The molecule has 3 aromatic rings. The summed E-state index contributed by atoms with van der Waals surface area (Å²) < 4.78 is 1.20. The normalized spacial score (nSPS) is 11.0. The molecule has 0 fully saturated rings. The van der Waals surface area contributed by atoms with Crippen LogP contribution < -0.4 is 10.9 Å². The van der Waals surface area contributed by atoms with Crippen molar-refractivity contribution in [2.75, 3.05) is 5.32 Å². The van der Waals surface area contributed by atoms with Gasteiger partial charge in [-0.2, -0.15) is 5.10 Å². The number of aryl methyl sites for hydroxylation is 1. The van der Waals surface area contributed by atoms with Crippen molar-refractivity contribution in [2.24, 2.45) is 7.05 Å². The van der Waals surface area contributed by atoms with Crippen LogP contribution in [0.2, 0.25) is 0 Å². The summed E-state index contributed by atoms with van der Waals surface area (Å²) in [7, 11) is 1.55. The van der Waals surface area contributed by atoms with Crippen molar-refractivity contribution >= 4 is 22.4 Å².